The predicted octanol–water partition coefficient (Wildman–Crippen LogP) is 0.623. The fourth-order valence-electron chi connectivity index (χ4n) is 12.3. The first-order chi connectivity index (χ1) is 45.9. The second kappa shape index (κ2) is 33.4. The van der Waals surface area contributed by atoms with E-state index in [1.165, 1.54) is 34.1 Å². The maximum Gasteiger partial charge on any atom is 0.303 e. The molecule has 0 saturated carbocycles. The van der Waals surface area contributed by atoms with Crippen LogP contribution >= 0.6 is 0 Å². The van der Waals surface area contributed by atoms with Gasteiger partial charge in [-0.05, 0) is 84.9 Å². The summed E-state index contributed by atoms with van der Waals surface area (Å²) in [4.78, 5) is 193. The molecule has 28 heteroatoms. The van der Waals surface area contributed by atoms with Gasteiger partial charge in [0, 0.05) is 75.3 Å². The Morgan fingerprint density at radius 2 is 0.948 bits per heavy atom. The van der Waals surface area contributed by atoms with Gasteiger partial charge in [-0.1, -0.05) is 105 Å². The number of rotatable bonds is 18. The molecule has 3 saturated heterocycles. The molecule has 1 aromatic heterocycles. The first-order valence-electron chi connectivity index (χ1n) is 32.0. The molecule has 3 aliphatic rings. The van der Waals surface area contributed by atoms with Crippen molar-refractivity contribution in [2.24, 2.45) is 11.7 Å². The number of fused-ring (bicyclic) bond motifs is 3. The van der Waals surface area contributed by atoms with Gasteiger partial charge < -0.3 is 78.0 Å². The Morgan fingerprint density at radius 3 is 1.49 bits per heavy atom. The van der Waals surface area contributed by atoms with E-state index in [0.717, 1.165) is 4.90 Å². The number of para-hydroxylation sites is 1. The van der Waals surface area contributed by atoms with Crippen molar-refractivity contribution in [1.29, 1.82) is 0 Å². The number of carbonyl (C=O) groups is 13. The Morgan fingerprint density at radius 1 is 0.500 bits per heavy atom. The Balaban J connectivity index is 1.21. The molecule has 3 fully saturated rings. The van der Waals surface area contributed by atoms with Crippen LogP contribution in [0.4, 0.5) is 0 Å². The topological polar surface area (TPSA) is 418 Å². The summed E-state index contributed by atoms with van der Waals surface area (Å²) in [6.07, 6.45) is -1.75. The molecular weight excluding hydrogens is 1240 g/mol. The second-order valence-corrected chi connectivity index (χ2v) is 24.8. The molecule has 28 nitrogen and oxygen atoms in total. The lowest BCUT2D eigenvalue weighted by Gasteiger charge is -2.34. The van der Waals surface area contributed by atoms with E-state index >= 15 is 14.4 Å². The molecule has 0 unspecified atom stereocenters. The molecule has 96 heavy (non-hydrogen) atoms. The minimum atomic E-state index is -1.83. The van der Waals surface area contributed by atoms with Crippen LogP contribution in [0.2, 0.25) is 0 Å². The Bertz CT molecular complexity index is 3660. The van der Waals surface area contributed by atoms with Gasteiger partial charge in [0.25, 0.3) is 0 Å². The molecule has 4 aromatic carbocycles. The highest BCUT2D eigenvalue weighted by molar-refractivity contribution is 6.01. The molecule has 0 aliphatic carbocycles. The number of amides is 11. The van der Waals surface area contributed by atoms with Gasteiger partial charge in [0.1, 0.15) is 60.1 Å². The number of aromatic amines is 1. The third-order valence-electron chi connectivity index (χ3n) is 17.0. The highest BCUT2D eigenvalue weighted by atomic mass is 16.4. The van der Waals surface area contributed by atoms with Crippen molar-refractivity contribution in [3.8, 4) is 5.75 Å². The van der Waals surface area contributed by atoms with E-state index < -0.39 is 170 Å². The Hall–Kier alpha value is -10.7. The second-order valence-electron chi connectivity index (χ2n) is 24.8. The highest BCUT2D eigenvalue weighted by Gasteiger charge is 2.45. The number of hydrogen-bond donors (Lipinski definition) is 12. The zero-order chi connectivity index (χ0) is 69.2. The number of benzene rings is 4. The monoisotopic (exact) mass is 1320 g/mol. The number of phenolic OH excluding ortho intramolecular Hbond substituents is 1. The summed E-state index contributed by atoms with van der Waals surface area (Å²) in [5.74, 6) is -13.5. The van der Waals surface area contributed by atoms with Crippen molar-refractivity contribution >= 4 is 87.8 Å². The van der Waals surface area contributed by atoms with Crippen LogP contribution in [0.1, 0.15) is 93.9 Å². The standard InChI is InChI=1S/C68H82N12O16/c1-39(2)37-78-38-57(83)71-51(35-56(69)82)64(92)74-49(31-40-13-5-3-6-14-40)62(90)72-47(25-27-58(84)85)60(88)76-52(33-42-21-23-44(81)24-22-42)67(95)80-30-12-20-55(80)68(96)79-29-11-19-54(79)65(93)75-50(32-41-15-7-4-8-16-41)63(91)73-48(26-28-59(86)87)61(89)77-53(66(78)94)34-43-36-70-46-18-10-9-17-45(43)46/h3-10,13-18,21-24,36,39,47-55,70,81H,11-12,19-20,25-35,37-38H2,1-2H3,(H2,69,82)(H,71,83)(H,72,90)(H,73,91)(H,74,92)(H,75,93)(H,76,88)(H,77,89)(H,84,85)(H,86,87)/t47-,48-,49-,50-,51-,52-,53-,54-,55+/m0/s1. The fraction of sp³-hybridized carbons (Fsp3) is 0.426. The SMILES string of the molecule is CC(C)CN1CC(=O)N[C@@H](CC(N)=O)C(=O)N[C@@H](Cc2ccccc2)C(=O)N[C@@H](CCC(=O)O)C(=O)N[C@@H](Cc2ccc(O)cc2)C(=O)N2CCC[C@@H]2C(=O)N2CCC[C@H]2C(=O)N[C@@H](Cc2ccccc2)C(=O)N[C@@H](CCC(=O)O)C(=O)N[C@@H](Cc2c[nH]c3ccccc23)C1=O. The van der Waals surface area contributed by atoms with Crippen molar-refractivity contribution in [3.63, 3.8) is 0 Å². The van der Waals surface area contributed by atoms with Gasteiger partial charge in [-0.15, -0.1) is 0 Å². The summed E-state index contributed by atoms with van der Waals surface area (Å²) in [6.45, 7) is 2.57. The van der Waals surface area contributed by atoms with Gasteiger partial charge >= 0.3 is 11.9 Å². The van der Waals surface area contributed by atoms with E-state index in [1.807, 2.05) is 0 Å². The third-order valence-corrected chi connectivity index (χ3v) is 17.0. The van der Waals surface area contributed by atoms with Crippen LogP contribution < -0.4 is 43.0 Å². The number of carbonyl (C=O) groups excluding carboxylic acids is 11. The van der Waals surface area contributed by atoms with Gasteiger partial charge in [-0.2, -0.15) is 0 Å². The number of carboxylic acids is 2. The Labute approximate surface area is 553 Å². The smallest absolute Gasteiger partial charge is 0.303 e. The fourth-order valence-corrected chi connectivity index (χ4v) is 12.3. The minimum Gasteiger partial charge on any atom is -0.508 e. The first kappa shape index (κ1) is 71.2. The maximum absolute atomic E-state index is 15.3. The molecule has 0 spiro atoms. The molecule has 5 aromatic rings. The van der Waals surface area contributed by atoms with E-state index in [0.29, 0.717) is 46.0 Å². The van der Waals surface area contributed by atoms with Crippen LogP contribution in [0.25, 0.3) is 10.9 Å². The van der Waals surface area contributed by atoms with Gasteiger partial charge in [0.05, 0.1) is 13.0 Å². The zero-order valence-corrected chi connectivity index (χ0v) is 53.3. The van der Waals surface area contributed by atoms with E-state index in [1.54, 1.807) is 105 Å². The van der Waals surface area contributed by atoms with Crippen LogP contribution in [-0.2, 0) is 88.0 Å². The quantitative estimate of drug-likeness (QED) is 0.0572. The highest BCUT2D eigenvalue weighted by Crippen LogP contribution is 2.28. The molecule has 0 bridgehead atoms. The minimum absolute atomic E-state index is 0.00319. The number of nitrogens with two attached hydrogens (primary N) is 1. The maximum atomic E-state index is 15.3. The summed E-state index contributed by atoms with van der Waals surface area (Å²) >= 11 is 0. The molecule has 510 valence electrons. The van der Waals surface area contributed by atoms with Crippen LogP contribution in [0.3, 0.4) is 0 Å². The number of phenols is 1. The van der Waals surface area contributed by atoms with E-state index in [2.05, 4.69) is 42.2 Å². The molecule has 4 heterocycles. The lowest BCUT2D eigenvalue weighted by Crippen LogP contribution is -2.61. The van der Waals surface area contributed by atoms with Crippen LogP contribution in [-0.4, -0.2) is 192 Å². The van der Waals surface area contributed by atoms with E-state index in [-0.39, 0.29) is 69.8 Å². The molecule has 0 radical (unpaired) electrons. The number of aromatic hydroxyl groups is 1. The van der Waals surface area contributed by atoms with Gasteiger partial charge in [0.15, 0.2) is 0 Å². The normalized spacial score (nSPS) is 23.4. The number of primary amides is 1. The predicted molar refractivity (Wildman–Crippen MR) is 346 cm³/mol. The molecule has 3 aliphatic heterocycles. The number of H-pyrrole nitrogens is 1. The number of aliphatic carboxylic acids is 2. The molecule has 9 atom stereocenters. The van der Waals surface area contributed by atoms with Crippen molar-refractivity contribution in [3.05, 3.63) is 138 Å². The molecule has 8 rings (SSSR count). The summed E-state index contributed by atoms with van der Waals surface area (Å²) in [5.41, 5.74) is 8.29. The zero-order valence-electron chi connectivity index (χ0n) is 53.3. The van der Waals surface area contributed by atoms with Gasteiger partial charge in [-0.3, -0.25) is 62.3 Å². The first-order valence-corrected chi connectivity index (χ1v) is 32.0. The van der Waals surface area contributed by atoms with Gasteiger partial charge in [0.2, 0.25) is 65.0 Å². The van der Waals surface area contributed by atoms with Gasteiger partial charge in [-0.25, -0.2) is 0 Å². The lowest BCUT2D eigenvalue weighted by atomic mass is 10.0. The molecule has 13 N–H and O–H groups in total. The number of nitrogens with one attached hydrogen (secondary N) is 8. The third kappa shape index (κ3) is 19.7. The van der Waals surface area contributed by atoms with Crippen molar-refractivity contribution < 1.29 is 77.6 Å². The van der Waals surface area contributed by atoms with Crippen molar-refractivity contribution in [1.82, 2.24) is 56.9 Å². The molecule has 11 amide bonds. The number of nitrogens with zero attached hydrogens (tertiary/aromatic N) is 3. The van der Waals surface area contributed by atoms with Crippen molar-refractivity contribution in [2.45, 2.75) is 152 Å². The average molecular weight is 1320 g/mol. The van der Waals surface area contributed by atoms with E-state index in [4.69, 9.17) is 5.73 Å². The average Bonchev–Trinajstić information content (AvgIpc) is 1.66. The number of hydrogen-bond acceptors (Lipinski definition) is 14. The Kier molecular flexibility index (Phi) is 24.8. The lowest BCUT2D eigenvalue weighted by molar-refractivity contribution is -0.148. The number of aromatic nitrogens is 1. The largest absolute Gasteiger partial charge is 0.508 e. The van der Waals surface area contributed by atoms with Crippen LogP contribution in [0, 0.1) is 5.92 Å². The summed E-state index contributed by atoms with van der Waals surface area (Å²) in [7, 11) is 0. The number of carboxylic acid groups (broad SMARTS) is 2. The van der Waals surface area contributed by atoms with E-state index in [9.17, 15) is 63.3 Å². The summed E-state index contributed by atoms with van der Waals surface area (Å²) < 4.78 is 0. The van der Waals surface area contributed by atoms with Crippen LogP contribution in [0.15, 0.2) is 115 Å². The summed E-state index contributed by atoms with van der Waals surface area (Å²) in [5, 5.41) is 49.1. The molecular formula is C68H82N12O16. The van der Waals surface area contributed by atoms with Crippen LogP contribution in [0.5, 0.6) is 5.75 Å². The summed E-state index contributed by atoms with van der Waals surface area (Å²) in [6, 6.07) is 15.7. The van der Waals surface area contributed by atoms with Crippen molar-refractivity contribution in [2.75, 3.05) is 26.2 Å².